The molecule has 52 nitrogen and oxygen atoms in total. The number of nitrogens with two attached hydrogens (primary N) is 4. The normalized spacial score (nSPS) is 14.4. The molecule has 17 amide bonds. The molecule has 147 heavy (non-hydrogen) atoms. The monoisotopic (exact) mass is 2080 g/mol. The van der Waals surface area contributed by atoms with E-state index in [4.69, 9.17) is 33.8 Å². The van der Waals surface area contributed by atoms with E-state index in [1.165, 1.54) is 70.1 Å². The number of primary amides is 1. The minimum atomic E-state index is -1.99. The average Bonchev–Trinajstić information content (AvgIpc) is 1.69. The predicted octanol–water partition coefficient (Wildman–Crippen LogP) is -5.61. The van der Waals surface area contributed by atoms with Gasteiger partial charge in [0, 0.05) is 122 Å². The number of hydrogen-bond donors (Lipinski definition) is 33. The van der Waals surface area contributed by atoms with E-state index in [1.54, 1.807) is 74.8 Å². The molecule has 0 saturated heterocycles. The van der Waals surface area contributed by atoms with Crippen LogP contribution in [0.5, 0.6) is 5.75 Å². The van der Waals surface area contributed by atoms with Crippen LogP contribution < -0.4 is 119 Å². The number of nitrogens with one attached hydrogen (secondary N) is 24. The molecule has 16 atom stereocenters. The molecule has 0 unspecified atom stereocenters. The number of para-hydroxylation sites is 2. The number of carbonyl (C=O) groups excluding carboxylic acids is 17. The fourth-order valence-corrected chi connectivity index (χ4v) is 15.8. The molecule has 54 heteroatoms. The molecule has 0 fully saturated rings. The van der Waals surface area contributed by atoms with Gasteiger partial charge in [-0.25, -0.2) is 9.97 Å². The standard InChI is InChI=1S/C93H132N30O22S2/c1-45(2)74(90(144)111-60(76(95)130)20-12-13-27-94)122-80(134)62(22-15-29-103-93(98)99)113-85(139)68(35-72(126)127)114-77(131)47(5)108-81(135)66(33-53-39-100-43-106-53)119-79(133)61(21-14-28-102-92(96)97)112-84(138)67(34-54-40-101-44-107-54)120-83(137)64(31-51-37-104-58-18-10-8-16-56(51)58)117-82(136)63(30-50-23-25-55(125)26-24-50)116-89(143)71(42-147)121-91(145)75(46(3)4)123-87(141)65(32-52-38-105-59-19-11-9-17-57(52)59)118-86(140)69(36-73(128)129)115-78(132)48(6)109-88(142)70(41-146)110-49(7)124/h8-11,16-19,23-26,37-40,43-48,60-71,74-75,104-105,125,146-147H,12-15,20-22,27-36,41-42,94H2,1-7H3,(H2,95,130)(H,100,106)(H,101,107)(H,108,135)(H,109,142)(H,110,124)(H,111,144)(H,112,138)(H,113,139)(H,114,131)(H,115,132)(H,116,143)(H,117,136)(H,118,140)(H,119,133)(H,120,137)(H,121,145)(H,122,134)(H,123,141)(H,126,127)(H,128,129)(H4,96,97,102)(H4,98,99,103)/t47-,48-,60-,61-,62-,63-,64-,65-,66-,67-,68-,69-,70-,71-,74-,75-/m0/s1. The molecule has 35 N–H and O–H groups in total. The Morgan fingerprint density at radius 2 is 0.694 bits per heavy atom. The third kappa shape index (κ3) is 38.6. The zero-order valence-electron chi connectivity index (χ0n) is 81.9. The molecular weight excluding hydrogens is 1950 g/mol. The first-order valence-electron chi connectivity index (χ1n) is 47.2. The van der Waals surface area contributed by atoms with Crippen LogP contribution in [0.4, 0.5) is 0 Å². The average molecular weight is 2090 g/mol. The summed E-state index contributed by atoms with van der Waals surface area (Å²) in [5, 5.41) is 92.7. The Labute approximate surface area is 854 Å². The molecule has 4 aromatic heterocycles. The lowest BCUT2D eigenvalue weighted by atomic mass is 9.99. The summed E-state index contributed by atoms with van der Waals surface area (Å²) in [5.41, 5.74) is 25.2. The van der Waals surface area contributed by atoms with Gasteiger partial charge >= 0.3 is 11.9 Å². The van der Waals surface area contributed by atoms with Gasteiger partial charge in [-0.15, -0.1) is 0 Å². The van der Waals surface area contributed by atoms with E-state index in [0.29, 0.717) is 57.9 Å². The number of amides is 17. The maximum atomic E-state index is 15.6. The van der Waals surface area contributed by atoms with Crippen LogP contribution in [0, 0.1) is 22.7 Å². The highest BCUT2D eigenvalue weighted by atomic mass is 32.1. The molecule has 0 bridgehead atoms. The van der Waals surface area contributed by atoms with Crippen molar-refractivity contribution in [3.05, 3.63) is 138 Å². The number of benzene rings is 3. The number of nitrogens with zero attached hydrogens (tertiary/aromatic N) is 2. The lowest BCUT2D eigenvalue weighted by molar-refractivity contribution is -0.142. The smallest absolute Gasteiger partial charge is 0.305 e. The molecule has 798 valence electrons. The van der Waals surface area contributed by atoms with Crippen LogP contribution in [-0.4, -0.2) is 297 Å². The number of phenolic OH excluding ortho intramolecular Hbond substituents is 1. The summed E-state index contributed by atoms with van der Waals surface area (Å²) in [6.45, 7) is 9.94. The van der Waals surface area contributed by atoms with E-state index in [2.05, 4.69) is 151 Å². The maximum absolute atomic E-state index is 15.6. The molecule has 0 radical (unpaired) electrons. The van der Waals surface area contributed by atoms with Gasteiger partial charge in [0.1, 0.15) is 102 Å². The highest BCUT2D eigenvalue weighted by molar-refractivity contribution is 7.80. The first-order chi connectivity index (χ1) is 69.8. The Bertz CT molecular complexity index is 5750. The van der Waals surface area contributed by atoms with E-state index >= 15 is 19.2 Å². The summed E-state index contributed by atoms with van der Waals surface area (Å²) in [6.07, 6.45) is 4.69. The number of hydrogen-bond acceptors (Lipinski definition) is 27. The Morgan fingerprint density at radius 3 is 1.07 bits per heavy atom. The van der Waals surface area contributed by atoms with Crippen LogP contribution in [0.1, 0.15) is 134 Å². The van der Waals surface area contributed by atoms with Crippen LogP contribution in [0.2, 0.25) is 0 Å². The van der Waals surface area contributed by atoms with Crippen LogP contribution >= 0.6 is 25.3 Å². The number of thiol groups is 2. The number of guanidine groups is 2. The number of carboxylic acid groups (broad SMARTS) is 2. The van der Waals surface area contributed by atoms with Crippen molar-refractivity contribution >= 4 is 171 Å². The summed E-state index contributed by atoms with van der Waals surface area (Å²) >= 11 is 8.51. The zero-order valence-corrected chi connectivity index (χ0v) is 83.7. The Hall–Kier alpha value is -15.9. The number of phenols is 1. The van der Waals surface area contributed by atoms with Gasteiger partial charge in [0.15, 0.2) is 11.9 Å². The fourth-order valence-electron chi connectivity index (χ4n) is 15.3. The second kappa shape index (κ2) is 58.8. The number of aromatic hydroxyl groups is 1. The third-order valence-corrected chi connectivity index (χ3v) is 24.0. The number of H-pyrrole nitrogens is 4. The predicted molar refractivity (Wildman–Crippen MR) is 541 cm³/mol. The number of fused-ring (bicyclic) bond motifs is 2. The Kier molecular flexibility index (Phi) is 47.2. The number of carbonyl (C=O) groups is 19. The third-order valence-electron chi connectivity index (χ3n) is 23.3. The topological polar surface area (TPSA) is 842 Å². The van der Waals surface area contributed by atoms with Crippen molar-refractivity contribution in [1.29, 1.82) is 10.8 Å². The maximum Gasteiger partial charge on any atom is 0.305 e. The summed E-state index contributed by atoms with van der Waals surface area (Å²) in [6, 6.07) is -6.45. The van der Waals surface area contributed by atoms with Crippen molar-refractivity contribution in [2.24, 2.45) is 34.8 Å². The molecule has 3 aromatic carbocycles. The van der Waals surface area contributed by atoms with Crippen LogP contribution in [0.3, 0.4) is 0 Å². The van der Waals surface area contributed by atoms with Crippen LogP contribution in [-0.2, 0) is 123 Å². The second-order valence-corrected chi connectivity index (χ2v) is 36.4. The summed E-state index contributed by atoms with van der Waals surface area (Å²) in [4.78, 5) is 288. The van der Waals surface area contributed by atoms with Crippen LogP contribution in [0.15, 0.2) is 110 Å². The van der Waals surface area contributed by atoms with Crippen LogP contribution in [0.25, 0.3) is 21.8 Å². The summed E-state index contributed by atoms with van der Waals surface area (Å²) in [7, 11) is 0. The van der Waals surface area contributed by atoms with Gasteiger partial charge in [-0.2, -0.15) is 25.3 Å². The van der Waals surface area contributed by atoms with Gasteiger partial charge in [0.2, 0.25) is 100 Å². The first-order valence-corrected chi connectivity index (χ1v) is 48.5. The molecule has 0 aliphatic carbocycles. The van der Waals surface area contributed by atoms with Gasteiger partial charge in [0.05, 0.1) is 25.5 Å². The first kappa shape index (κ1) is 118. The molecule has 0 spiro atoms. The quantitative estimate of drug-likeness (QED) is 0.00731. The van der Waals surface area contributed by atoms with E-state index in [9.17, 15) is 87.2 Å². The second-order valence-electron chi connectivity index (χ2n) is 35.6. The minimum absolute atomic E-state index is 0.0171. The number of aromatic amines is 4. The van der Waals surface area contributed by atoms with E-state index in [1.807, 2.05) is 0 Å². The van der Waals surface area contributed by atoms with Crippen molar-refractivity contribution in [2.45, 2.75) is 235 Å². The van der Waals surface area contributed by atoms with E-state index < -0.39 is 271 Å². The highest BCUT2D eigenvalue weighted by Crippen LogP contribution is 2.24. The van der Waals surface area contributed by atoms with Crippen molar-refractivity contribution in [3.8, 4) is 5.75 Å². The van der Waals surface area contributed by atoms with Gasteiger partial charge in [-0.3, -0.25) is 102 Å². The lowest BCUT2D eigenvalue weighted by Gasteiger charge is -2.29. The number of aromatic nitrogens is 6. The molecule has 7 rings (SSSR count). The number of carboxylic acids is 2. The summed E-state index contributed by atoms with van der Waals surface area (Å²) in [5.74, 6) is -23.6. The SMILES string of the molecule is CC(=O)N[C@@H](CS)C(=O)N[C@@H](C)C(=O)N[C@@H](CC(=O)O)C(=O)N[C@@H](Cc1c[nH]c2ccccc12)C(=O)N[C@H](C(=O)N[C@@H](CS)C(=O)N[C@@H](Cc1ccc(O)cc1)C(=O)N[C@@H](Cc1c[nH]c2ccccc12)C(=O)N[C@@H](Cc1cnc[nH]1)C(=O)N[C@@H](CCCNC(=N)N)C(=O)N[C@@H](Cc1cnc[nH]1)C(=O)N[C@@H](C)C(=O)N[C@@H](CC(=O)O)C(=O)N[C@@H](CCCNC(=N)N)C(=O)N[C@H](C(=O)N[C@@H](CCCCN)C(N)=O)C(C)C)C(C)C. The molecule has 7 aromatic rings. The Morgan fingerprint density at radius 1 is 0.367 bits per heavy atom. The largest absolute Gasteiger partial charge is 0.508 e. The minimum Gasteiger partial charge on any atom is -0.508 e. The number of unbranched alkanes of at least 4 members (excludes halogenated alkanes) is 1. The summed E-state index contributed by atoms with van der Waals surface area (Å²) < 4.78 is 0. The zero-order chi connectivity index (χ0) is 108. The number of aliphatic carboxylic acids is 2. The van der Waals surface area contributed by atoms with Crippen molar-refractivity contribution in [3.63, 3.8) is 0 Å². The molecule has 0 aliphatic heterocycles. The molecular formula is C93H132N30O22S2. The fraction of sp³-hybridized carbons (Fsp3) is 0.473. The van der Waals surface area contributed by atoms with Gasteiger partial charge in [0.25, 0.3) is 0 Å². The van der Waals surface area contributed by atoms with Crippen molar-refractivity contribution in [1.82, 2.24) is 126 Å². The number of imidazole rings is 2. The van der Waals surface area contributed by atoms with Gasteiger partial charge in [-0.05, 0) is 118 Å². The van der Waals surface area contributed by atoms with Crippen molar-refractivity contribution in [2.75, 3.05) is 31.1 Å². The lowest BCUT2D eigenvalue weighted by Crippen LogP contribution is -2.62. The highest BCUT2D eigenvalue weighted by Gasteiger charge is 2.41. The van der Waals surface area contributed by atoms with E-state index in [-0.39, 0.29) is 80.9 Å². The van der Waals surface area contributed by atoms with Gasteiger partial charge in [-0.1, -0.05) is 76.2 Å². The van der Waals surface area contributed by atoms with E-state index in [0.717, 1.165) is 13.8 Å². The molecule has 0 saturated carbocycles. The molecule has 0 aliphatic rings. The number of rotatable bonds is 62. The Balaban J connectivity index is 1.14. The molecule has 4 heterocycles. The van der Waals surface area contributed by atoms with Crippen molar-refractivity contribution < 1.29 is 106 Å². The van der Waals surface area contributed by atoms with Gasteiger partial charge < -0.3 is 154 Å².